The standard InChI is InChI=1S/C23H33N3O2/c1-6-9-26-18(4)21(13-24-26)15-25-10-7-8-19(14-25)22(27)20-11-16(2)23(28-5)17(3)12-20/h11-13,19H,6-10,14-15H2,1-5H3/t19-/m0/s1. The second-order valence-electron chi connectivity index (χ2n) is 8.06. The average Bonchev–Trinajstić information content (AvgIpc) is 3.01. The van der Waals surface area contributed by atoms with Gasteiger partial charge in [-0.05, 0) is 69.8 Å². The van der Waals surface area contributed by atoms with E-state index < -0.39 is 0 Å². The van der Waals surface area contributed by atoms with E-state index in [0.717, 1.165) is 67.9 Å². The molecule has 1 aliphatic rings. The molecule has 1 aromatic heterocycles. The molecule has 2 heterocycles. The summed E-state index contributed by atoms with van der Waals surface area (Å²) in [5.74, 6) is 1.20. The van der Waals surface area contributed by atoms with Gasteiger partial charge in [0.2, 0.25) is 0 Å². The van der Waals surface area contributed by atoms with Crippen LogP contribution in [0, 0.1) is 26.7 Å². The van der Waals surface area contributed by atoms with Gasteiger partial charge in [-0.15, -0.1) is 0 Å². The van der Waals surface area contributed by atoms with Crippen molar-refractivity contribution < 1.29 is 9.53 Å². The fourth-order valence-electron chi connectivity index (χ4n) is 4.38. The first-order chi connectivity index (χ1) is 13.4. The number of piperidine rings is 1. The lowest BCUT2D eigenvalue weighted by atomic mass is 9.88. The molecular weight excluding hydrogens is 350 g/mol. The number of likely N-dealkylation sites (tertiary alicyclic amines) is 1. The molecule has 1 fully saturated rings. The number of methoxy groups -OCH3 is 1. The normalized spacial score (nSPS) is 17.7. The molecule has 0 radical (unpaired) electrons. The van der Waals surface area contributed by atoms with Gasteiger partial charge in [0.1, 0.15) is 5.75 Å². The molecule has 2 aromatic rings. The predicted octanol–water partition coefficient (Wildman–Crippen LogP) is 4.32. The van der Waals surface area contributed by atoms with E-state index in [0.29, 0.717) is 0 Å². The monoisotopic (exact) mass is 383 g/mol. The van der Waals surface area contributed by atoms with Gasteiger partial charge in [-0.3, -0.25) is 14.4 Å². The van der Waals surface area contributed by atoms with Crippen molar-refractivity contribution in [3.63, 3.8) is 0 Å². The Morgan fingerprint density at radius 3 is 2.61 bits per heavy atom. The van der Waals surface area contributed by atoms with E-state index in [1.165, 1.54) is 11.3 Å². The summed E-state index contributed by atoms with van der Waals surface area (Å²) in [7, 11) is 1.68. The van der Waals surface area contributed by atoms with Crippen LogP contribution in [0.2, 0.25) is 0 Å². The van der Waals surface area contributed by atoms with Crippen LogP contribution in [0.1, 0.15) is 58.9 Å². The summed E-state index contributed by atoms with van der Waals surface area (Å²) in [5.41, 5.74) is 5.39. The van der Waals surface area contributed by atoms with Crippen molar-refractivity contribution in [3.8, 4) is 5.75 Å². The molecule has 0 N–H and O–H groups in total. The minimum atomic E-state index is 0.0620. The van der Waals surface area contributed by atoms with Crippen LogP contribution in [0.3, 0.4) is 0 Å². The van der Waals surface area contributed by atoms with Crippen LogP contribution in [0.15, 0.2) is 18.3 Å². The number of hydrogen-bond donors (Lipinski definition) is 0. The van der Waals surface area contributed by atoms with Crippen molar-refractivity contribution in [2.45, 2.75) is 60.0 Å². The summed E-state index contributed by atoms with van der Waals surface area (Å²) >= 11 is 0. The second-order valence-corrected chi connectivity index (χ2v) is 8.06. The van der Waals surface area contributed by atoms with Crippen molar-refractivity contribution in [2.75, 3.05) is 20.2 Å². The lowest BCUT2D eigenvalue weighted by Gasteiger charge is -2.32. The number of rotatable bonds is 7. The summed E-state index contributed by atoms with van der Waals surface area (Å²) in [4.78, 5) is 15.6. The molecular formula is C23H33N3O2. The summed E-state index contributed by atoms with van der Waals surface area (Å²) in [5, 5.41) is 4.52. The van der Waals surface area contributed by atoms with E-state index in [9.17, 15) is 4.79 Å². The molecule has 1 aliphatic heterocycles. The smallest absolute Gasteiger partial charge is 0.167 e. The lowest BCUT2D eigenvalue weighted by Crippen LogP contribution is -2.38. The van der Waals surface area contributed by atoms with Crippen molar-refractivity contribution in [1.82, 2.24) is 14.7 Å². The number of benzene rings is 1. The number of aryl methyl sites for hydroxylation is 3. The molecule has 1 aromatic carbocycles. The highest BCUT2D eigenvalue weighted by atomic mass is 16.5. The Morgan fingerprint density at radius 1 is 1.25 bits per heavy atom. The van der Waals surface area contributed by atoms with E-state index >= 15 is 0 Å². The lowest BCUT2D eigenvalue weighted by molar-refractivity contribution is 0.0811. The third-order valence-electron chi connectivity index (χ3n) is 5.86. The van der Waals surface area contributed by atoms with Gasteiger partial charge >= 0.3 is 0 Å². The van der Waals surface area contributed by atoms with Crippen LogP contribution < -0.4 is 4.74 Å². The maximum Gasteiger partial charge on any atom is 0.167 e. The Balaban J connectivity index is 1.70. The minimum absolute atomic E-state index is 0.0620. The molecule has 0 bridgehead atoms. The quantitative estimate of drug-likeness (QED) is 0.668. The zero-order valence-corrected chi connectivity index (χ0v) is 17.9. The summed E-state index contributed by atoms with van der Waals surface area (Å²) in [6, 6.07) is 3.96. The molecule has 152 valence electrons. The van der Waals surface area contributed by atoms with Crippen LogP contribution in [0.4, 0.5) is 0 Å². The van der Waals surface area contributed by atoms with E-state index in [-0.39, 0.29) is 11.7 Å². The highest BCUT2D eigenvalue weighted by Crippen LogP contribution is 2.28. The van der Waals surface area contributed by atoms with Crippen LogP contribution in [0.5, 0.6) is 5.75 Å². The van der Waals surface area contributed by atoms with Crippen molar-refractivity contribution >= 4 is 5.78 Å². The van der Waals surface area contributed by atoms with Crippen LogP contribution in [-0.2, 0) is 13.1 Å². The summed E-state index contributed by atoms with van der Waals surface area (Å²) in [6.45, 7) is 12.0. The van der Waals surface area contributed by atoms with Crippen molar-refractivity contribution in [1.29, 1.82) is 0 Å². The highest BCUT2D eigenvalue weighted by molar-refractivity contribution is 5.98. The summed E-state index contributed by atoms with van der Waals surface area (Å²) < 4.78 is 7.53. The Morgan fingerprint density at radius 2 is 1.96 bits per heavy atom. The number of nitrogens with zero attached hydrogens (tertiary/aromatic N) is 3. The minimum Gasteiger partial charge on any atom is -0.496 e. The fraction of sp³-hybridized carbons (Fsp3) is 0.565. The molecule has 0 spiro atoms. The molecule has 0 aliphatic carbocycles. The van der Waals surface area contributed by atoms with Gasteiger partial charge in [-0.25, -0.2) is 0 Å². The van der Waals surface area contributed by atoms with Crippen LogP contribution in [0.25, 0.3) is 0 Å². The third-order valence-corrected chi connectivity index (χ3v) is 5.86. The molecule has 1 atom stereocenters. The van der Waals surface area contributed by atoms with Gasteiger partial charge in [0.05, 0.1) is 13.3 Å². The molecule has 5 heteroatoms. The maximum atomic E-state index is 13.2. The third kappa shape index (κ3) is 4.30. The number of ether oxygens (including phenoxy) is 1. The van der Waals surface area contributed by atoms with Gasteiger partial charge in [-0.1, -0.05) is 6.92 Å². The molecule has 0 saturated carbocycles. The molecule has 3 rings (SSSR count). The zero-order chi connectivity index (χ0) is 20.3. The average molecular weight is 384 g/mol. The number of carbonyl (C=O) groups is 1. The maximum absolute atomic E-state index is 13.2. The number of ketones is 1. The topological polar surface area (TPSA) is 47.4 Å². The van der Waals surface area contributed by atoms with Gasteiger partial charge in [0.25, 0.3) is 0 Å². The first-order valence-electron chi connectivity index (χ1n) is 10.4. The number of aromatic nitrogens is 2. The SMILES string of the molecule is CCCn1ncc(CN2CCC[C@H](C(=O)c3cc(C)c(OC)c(C)c3)C2)c1C. The second kappa shape index (κ2) is 8.91. The molecule has 0 unspecified atom stereocenters. The van der Waals surface area contributed by atoms with Crippen LogP contribution in [-0.4, -0.2) is 40.7 Å². The number of carbonyl (C=O) groups excluding carboxylic acids is 1. The van der Waals surface area contributed by atoms with Gasteiger partial charge < -0.3 is 4.74 Å². The molecule has 28 heavy (non-hydrogen) atoms. The predicted molar refractivity (Wildman–Crippen MR) is 112 cm³/mol. The Bertz CT molecular complexity index is 817. The van der Waals surface area contributed by atoms with Crippen molar-refractivity contribution in [2.24, 2.45) is 5.92 Å². The molecule has 1 saturated heterocycles. The molecule has 0 amide bonds. The van der Waals surface area contributed by atoms with Gasteiger partial charge in [0, 0.05) is 42.4 Å². The number of Topliss-reactive ketones (excluding diaryl/α,β-unsaturated/α-hetero) is 1. The Labute approximate surface area is 168 Å². The number of hydrogen-bond acceptors (Lipinski definition) is 4. The first kappa shape index (κ1) is 20.6. The summed E-state index contributed by atoms with van der Waals surface area (Å²) in [6.07, 6.45) is 5.11. The van der Waals surface area contributed by atoms with Gasteiger partial charge in [-0.2, -0.15) is 5.10 Å². The zero-order valence-electron chi connectivity index (χ0n) is 17.9. The van der Waals surface area contributed by atoms with Gasteiger partial charge in [0.15, 0.2) is 5.78 Å². The van der Waals surface area contributed by atoms with E-state index in [4.69, 9.17) is 4.74 Å². The van der Waals surface area contributed by atoms with E-state index in [1.807, 2.05) is 32.2 Å². The van der Waals surface area contributed by atoms with E-state index in [1.54, 1.807) is 7.11 Å². The van der Waals surface area contributed by atoms with Crippen LogP contribution >= 0.6 is 0 Å². The molecule has 5 nitrogen and oxygen atoms in total. The largest absolute Gasteiger partial charge is 0.496 e. The first-order valence-corrected chi connectivity index (χ1v) is 10.4. The fourth-order valence-corrected chi connectivity index (χ4v) is 4.38. The van der Waals surface area contributed by atoms with E-state index in [2.05, 4.69) is 28.5 Å². The Kier molecular flexibility index (Phi) is 6.55. The highest BCUT2D eigenvalue weighted by Gasteiger charge is 2.27. The Hall–Kier alpha value is -2.14. The van der Waals surface area contributed by atoms with Crippen molar-refractivity contribution in [3.05, 3.63) is 46.3 Å².